The lowest BCUT2D eigenvalue weighted by Crippen LogP contribution is -2.42. The summed E-state index contributed by atoms with van der Waals surface area (Å²) < 4.78 is 7.19. The highest BCUT2D eigenvalue weighted by Gasteiger charge is 2.37. The SMILES string of the molecule is CCn1c(-c2cnc(C)nc2)nc2c(NC3CCN(C(=O)O)C3CCOC)ncnc21. The van der Waals surface area contributed by atoms with Crippen LogP contribution in [0.2, 0.25) is 0 Å². The van der Waals surface area contributed by atoms with Crippen molar-refractivity contribution in [1.29, 1.82) is 0 Å². The average Bonchev–Trinajstić information content (AvgIpc) is 3.34. The summed E-state index contributed by atoms with van der Waals surface area (Å²) in [5.41, 5.74) is 2.14. The highest BCUT2D eigenvalue weighted by Crippen LogP contribution is 2.29. The van der Waals surface area contributed by atoms with E-state index in [0.29, 0.717) is 55.3 Å². The van der Waals surface area contributed by atoms with Gasteiger partial charge in [0.05, 0.1) is 11.6 Å². The molecule has 11 heteroatoms. The number of carboxylic acid groups (broad SMARTS) is 1. The molecule has 4 rings (SSSR count). The molecule has 3 aromatic rings. The molecule has 0 aromatic carbocycles. The van der Waals surface area contributed by atoms with Crippen LogP contribution in [0.1, 0.15) is 25.6 Å². The number of nitrogens with zero attached hydrogens (tertiary/aromatic N) is 7. The maximum absolute atomic E-state index is 11.7. The summed E-state index contributed by atoms with van der Waals surface area (Å²) in [5, 5.41) is 13.0. The van der Waals surface area contributed by atoms with Gasteiger partial charge in [-0.3, -0.25) is 0 Å². The molecule has 1 aliphatic heterocycles. The lowest BCUT2D eigenvalue weighted by Gasteiger charge is -2.26. The fraction of sp³-hybridized carbons (Fsp3) is 0.500. The maximum atomic E-state index is 11.7. The lowest BCUT2D eigenvalue weighted by atomic mass is 10.1. The second-order valence-electron chi connectivity index (χ2n) is 7.46. The van der Waals surface area contributed by atoms with Gasteiger partial charge in [-0.05, 0) is 26.7 Å². The number of fused-ring (bicyclic) bond motifs is 1. The fourth-order valence-corrected chi connectivity index (χ4v) is 4.10. The zero-order valence-electron chi connectivity index (χ0n) is 17.8. The number of ether oxygens (including phenoxy) is 1. The Kier molecular flexibility index (Phi) is 5.94. The lowest BCUT2D eigenvalue weighted by molar-refractivity contribution is 0.121. The van der Waals surface area contributed by atoms with Gasteiger partial charge in [0.25, 0.3) is 0 Å². The van der Waals surface area contributed by atoms with Gasteiger partial charge in [0.2, 0.25) is 0 Å². The summed E-state index contributed by atoms with van der Waals surface area (Å²) >= 11 is 0. The van der Waals surface area contributed by atoms with Gasteiger partial charge in [0.1, 0.15) is 18.0 Å². The Hall–Kier alpha value is -3.34. The first-order valence-corrected chi connectivity index (χ1v) is 10.3. The van der Waals surface area contributed by atoms with Crippen LogP contribution >= 0.6 is 0 Å². The van der Waals surface area contributed by atoms with Crippen LogP contribution in [0.25, 0.3) is 22.6 Å². The number of rotatable bonds is 7. The van der Waals surface area contributed by atoms with E-state index in [1.54, 1.807) is 19.5 Å². The molecule has 2 N–H and O–H groups in total. The molecule has 4 heterocycles. The molecule has 0 spiro atoms. The smallest absolute Gasteiger partial charge is 0.407 e. The third-order valence-corrected chi connectivity index (χ3v) is 5.62. The summed E-state index contributed by atoms with van der Waals surface area (Å²) in [6.45, 7) is 5.47. The van der Waals surface area contributed by atoms with Crippen molar-refractivity contribution in [3.8, 4) is 11.4 Å². The number of nitrogens with one attached hydrogen (secondary N) is 1. The van der Waals surface area contributed by atoms with E-state index in [-0.39, 0.29) is 12.1 Å². The van der Waals surface area contributed by atoms with Crippen LogP contribution in [0.4, 0.5) is 10.6 Å². The van der Waals surface area contributed by atoms with Crippen LogP contribution in [0, 0.1) is 6.92 Å². The van der Waals surface area contributed by atoms with Crippen LogP contribution in [0.15, 0.2) is 18.7 Å². The van der Waals surface area contributed by atoms with E-state index in [1.807, 2.05) is 18.4 Å². The molecule has 164 valence electrons. The zero-order valence-corrected chi connectivity index (χ0v) is 17.8. The number of methoxy groups -OCH3 is 1. The molecule has 2 unspecified atom stereocenters. The van der Waals surface area contributed by atoms with E-state index in [9.17, 15) is 9.90 Å². The minimum Gasteiger partial charge on any atom is -0.465 e. The summed E-state index contributed by atoms with van der Waals surface area (Å²) in [4.78, 5) is 35.4. The monoisotopic (exact) mass is 426 g/mol. The molecule has 31 heavy (non-hydrogen) atoms. The number of amides is 1. The summed E-state index contributed by atoms with van der Waals surface area (Å²) in [7, 11) is 1.62. The molecule has 2 atom stereocenters. The van der Waals surface area contributed by atoms with Crippen LogP contribution < -0.4 is 5.32 Å². The van der Waals surface area contributed by atoms with Crippen LogP contribution in [0.3, 0.4) is 0 Å². The number of imidazole rings is 1. The molecule has 1 amide bonds. The number of aryl methyl sites for hydroxylation is 2. The number of hydrogen-bond donors (Lipinski definition) is 2. The molecule has 1 fully saturated rings. The van der Waals surface area contributed by atoms with Crippen molar-refractivity contribution in [3.63, 3.8) is 0 Å². The normalized spacial score (nSPS) is 18.6. The molecule has 1 saturated heterocycles. The van der Waals surface area contributed by atoms with Crippen molar-refractivity contribution in [2.24, 2.45) is 0 Å². The predicted molar refractivity (Wildman–Crippen MR) is 114 cm³/mol. The van der Waals surface area contributed by atoms with Crippen molar-refractivity contribution in [2.45, 2.75) is 45.3 Å². The molecule has 0 saturated carbocycles. The van der Waals surface area contributed by atoms with Crippen LogP contribution in [-0.4, -0.2) is 77.9 Å². The zero-order chi connectivity index (χ0) is 22.0. The number of carbonyl (C=O) groups is 1. The van der Waals surface area contributed by atoms with E-state index < -0.39 is 6.09 Å². The fourth-order valence-electron chi connectivity index (χ4n) is 4.10. The first-order chi connectivity index (χ1) is 15.0. The van der Waals surface area contributed by atoms with Crippen LogP contribution in [0.5, 0.6) is 0 Å². The minimum absolute atomic E-state index is 0.0951. The predicted octanol–water partition coefficient (Wildman–Crippen LogP) is 2.18. The topological polar surface area (TPSA) is 131 Å². The van der Waals surface area contributed by atoms with Gasteiger partial charge in [-0.1, -0.05) is 0 Å². The molecule has 3 aromatic heterocycles. The molecule has 1 aliphatic rings. The first-order valence-electron chi connectivity index (χ1n) is 10.3. The van der Waals surface area contributed by atoms with Gasteiger partial charge in [0, 0.05) is 45.2 Å². The Labute approximate surface area is 179 Å². The van der Waals surface area contributed by atoms with Gasteiger partial charge < -0.3 is 24.6 Å². The van der Waals surface area contributed by atoms with Crippen molar-refractivity contribution in [3.05, 3.63) is 24.5 Å². The van der Waals surface area contributed by atoms with Crippen LogP contribution in [-0.2, 0) is 11.3 Å². The molecule has 0 aliphatic carbocycles. The van der Waals surface area contributed by atoms with Crippen molar-refractivity contribution in [1.82, 2.24) is 34.4 Å². The quantitative estimate of drug-likeness (QED) is 0.583. The average molecular weight is 426 g/mol. The number of likely N-dealkylation sites (tertiary alicyclic amines) is 1. The highest BCUT2D eigenvalue weighted by atomic mass is 16.5. The van der Waals surface area contributed by atoms with E-state index in [4.69, 9.17) is 9.72 Å². The Morgan fingerprint density at radius 1 is 1.29 bits per heavy atom. The second-order valence-corrected chi connectivity index (χ2v) is 7.46. The summed E-state index contributed by atoms with van der Waals surface area (Å²) in [5.74, 6) is 2.00. The van der Waals surface area contributed by atoms with E-state index in [1.165, 1.54) is 11.2 Å². The van der Waals surface area contributed by atoms with Gasteiger partial charge in [-0.2, -0.15) is 0 Å². The van der Waals surface area contributed by atoms with Gasteiger partial charge in [0.15, 0.2) is 17.0 Å². The number of hydrogen-bond acceptors (Lipinski definition) is 8. The summed E-state index contributed by atoms with van der Waals surface area (Å²) in [6, 6.07) is -0.303. The maximum Gasteiger partial charge on any atom is 0.407 e. The third-order valence-electron chi connectivity index (χ3n) is 5.62. The van der Waals surface area contributed by atoms with Crippen molar-refractivity contribution >= 4 is 23.1 Å². The number of aromatic nitrogens is 6. The van der Waals surface area contributed by atoms with Gasteiger partial charge in [-0.15, -0.1) is 0 Å². The van der Waals surface area contributed by atoms with Gasteiger partial charge in [-0.25, -0.2) is 29.7 Å². The molecular weight excluding hydrogens is 400 g/mol. The molecular formula is C20H26N8O3. The van der Waals surface area contributed by atoms with E-state index in [2.05, 4.69) is 25.3 Å². The van der Waals surface area contributed by atoms with E-state index >= 15 is 0 Å². The molecule has 0 radical (unpaired) electrons. The Morgan fingerprint density at radius 2 is 2.06 bits per heavy atom. The Balaban J connectivity index is 1.70. The third kappa shape index (κ3) is 4.00. The second kappa shape index (κ2) is 8.80. The minimum atomic E-state index is -0.921. The Morgan fingerprint density at radius 3 is 2.74 bits per heavy atom. The standard InChI is InChI=1S/C20H26N8O3/c1-4-27-18(13-9-21-12(2)22-10-13)26-16-17(23-11-24-19(16)27)25-14-5-7-28(20(29)30)15(14)6-8-31-3/h9-11,14-15H,4-8H2,1-3H3,(H,29,30)(H,23,24,25). The Bertz CT molecular complexity index is 1070. The van der Waals surface area contributed by atoms with E-state index in [0.717, 1.165) is 11.4 Å². The highest BCUT2D eigenvalue weighted by molar-refractivity contribution is 5.86. The van der Waals surface area contributed by atoms with Crippen molar-refractivity contribution < 1.29 is 14.6 Å². The summed E-state index contributed by atoms with van der Waals surface area (Å²) in [6.07, 6.45) is 5.36. The molecule has 11 nitrogen and oxygen atoms in total. The van der Waals surface area contributed by atoms with Crippen molar-refractivity contribution in [2.75, 3.05) is 25.6 Å². The molecule has 0 bridgehead atoms. The largest absolute Gasteiger partial charge is 0.465 e. The number of anilines is 1. The first kappa shape index (κ1) is 20.9. The van der Waals surface area contributed by atoms with Gasteiger partial charge >= 0.3 is 6.09 Å².